The van der Waals surface area contributed by atoms with Crippen LogP contribution >= 0.6 is 11.6 Å². The number of nitrogens with one attached hydrogen (secondary N) is 1. The highest BCUT2D eigenvalue weighted by molar-refractivity contribution is 6.30. The number of halogens is 1. The molecule has 0 aliphatic carbocycles. The summed E-state index contributed by atoms with van der Waals surface area (Å²) >= 11 is 6.13. The minimum atomic E-state index is -0.627. The number of hydrogen-bond donors (Lipinski definition) is 1. The smallest absolute Gasteiger partial charge is 0.391 e. The van der Waals surface area contributed by atoms with Crippen molar-refractivity contribution in [3.05, 3.63) is 94.0 Å². The molecule has 1 N–H and O–H groups in total. The van der Waals surface area contributed by atoms with Crippen LogP contribution in [0, 0.1) is 20.8 Å². The summed E-state index contributed by atoms with van der Waals surface area (Å²) in [5, 5.41) is 3.72. The van der Waals surface area contributed by atoms with Crippen molar-refractivity contribution in [1.29, 1.82) is 0 Å². The second-order valence-corrected chi connectivity index (χ2v) is 11.4. The fraction of sp³-hybridized carbons (Fsp3) is 0.314. The summed E-state index contributed by atoms with van der Waals surface area (Å²) in [5.41, 5.74) is 6.75. The van der Waals surface area contributed by atoms with Gasteiger partial charge < -0.3 is 19.9 Å². The number of hydrogen-bond acceptors (Lipinski definition) is 7. The molecule has 0 saturated carbocycles. The maximum atomic E-state index is 13.1. The minimum Gasteiger partial charge on any atom is -0.391 e. The number of carbonyl (C=O) groups is 2. The molecule has 0 aliphatic rings. The number of benzene rings is 3. The summed E-state index contributed by atoms with van der Waals surface area (Å²) in [6.07, 6.45) is -0.627. The Labute approximate surface area is 270 Å². The SMILES string of the molecule is CCN(CC)CCN(C)C(=O)c1ccc(Nc2nc(OC(=O)N(C)c3cccc(Cl)c3)cc(-c3ccc(C)c(C)c3C)n2)cc1. The van der Waals surface area contributed by atoms with E-state index in [-0.39, 0.29) is 17.7 Å². The Morgan fingerprint density at radius 3 is 2.24 bits per heavy atom. The number of carbonyl (C=O) groups excluding carboxylic acids is 2. The zero-order valence-electron chi connectivity index (χ0n) is 27.0. The zero-order chi connectivity index (χ0) is 32.7. The Bertz CT molecular complexity index is 1660. The number of nitrogens with zero attached hydrogens (tertiary/aromatic N) is 5. The lowest BCUT2D eigenvalue weighted by Gasteiger charge is -2.23. The molecular weight excluding hydrogens is 588 g/mol. The van der Waals surface area contributed by atoms with Crippen molar-refractivity contribution in [2.45, 2.75) is 34.6 Å². The number of anilines is 3. The first-order valence-corrected chi connectivity index (χ1v) is 15.4. The molecule has 0 saturated heterocycles. The van der Waals surface area contributed by atoms with Crippen molar-refractivity contribution in [1.82, 2.24) is 19.8 Å². The van der Waals surface area contributed by atoms with Gasteiger partial charge in [-0.05, 0) is 93.0 Å². The fourth-order valence-electron chi connectivity index (χ4n) is 4.83. The standard InChI is InChI=1S/C35H41ClN6O3/c1-8-42(9-2)20-19-40(6)33(43)26-14-16-28(17-15-26)37-34-38-31(30-18-13-23(3)24(4)25(30)5)22-32(39-34)45-35(44)41(7)29-12-10-11-27(36)21-29/h10-18,21-22H,8-9,19-20H2,1-7H3,(H,37,38,39). The monoisotopic (exact) mass is 628 g/mol. The molecule has 0 unspecified atom stereocenters. The molecule has 0 atom stereocenters. The van der Waals surface area contributed by atoms with Gasteiger partial charge in [0.25, 0.3) is 5.91 Å². The van der Waals surface area contributed by atoms with E-state index in [1.165, 1.54) is 10.5 Å². The van der Waals surface area contributed by atoms with E-state index >= 15 is 0 Å². The van der Waals surface area contributed by atoms with E-state index in [9.17, 15) is 9.59 Å². The molecule has 4 aromatic rings. The van der Waals surface area contributed by atoms with Crippen LogP contribution < -0.4 is 15.0 Å². The summed E-state index contributed by atoms with van der Waals surface area (Å²) in [7, 11) is 3.42. The van der Waals surface area contributed by atoms with Crippen molar-refractivity contribution < 1.29 is 14.3 Å². The molecule has 1 heterocycles. The molecule has 0 spiro atoms. The van der Waals surface area contributed by atoms with Gasteiger partial charge in [0.1, 0.15) is 0 Å². The molecule has 0 aliphatic heterocycles. The Balaban J connectivity index is 1.59. The molecular formula is C35H41ClN6O3. The van der Waals surface area contributed by atoms with Gasteiger partial charge in [-0.3, -0.25) is 9.69 Å². The highest BCUT2D eigenvalue weighted by atomic mass is 35.5. The topological polar surface area (TPSA) is 90.9 Å². The van der Waals surface area contributed by atoms with E-state index in [4.69, 9.17) is 21.3 Å². The van der Waals surface area contributed by atoms with Crippen LogP contribution in [0.25, 0.3) is 11.3 Å². The summed E-state index contributed by atoms with van der Waals surface area (Å²) in [4.78, 5) is 40.8. The lowest BCUT2D eigenvalue weighted by Crippen LogP contribution is -2.36. The van der Waals surface area contributed by atoms with Crippen LogP contribution in [0.5, 0.6) is 5.88 Å². The molecule has 1 aromatic heterocycles. The Kier molecular flexibility index (Phi) is 11.1. The molecule has 3 aromatic carbocycles. The van der Waals surface area contributed by atoms with Crippen molar-refractivity contribution in [2.75, 3.05) is 50.5 Å². The Hall–Kier alpha value is -4.47. The highest BCUT2D eigenvalue weighted by Gasteiger charge is 2.18. The van der Waals surface area contributed by atoms with Gasteiger partial charge in [0.05, 0.1) is 5.69 Å². The van der Waals surface area contributed by atoms with Gasteiger partial charge in [0.15, 0.2) is 0 Å². The molecule has 2 amide bonds. The van der Waals surface area contributed by atoms with Gasteiger partial charge in [0.2, 0.25) is 11.8 Å². The summed E-state index contributed by atoms with van der Waals surface area (Å²) in [6, 6.07) is 19.8. The summed E-state index contributed by atoms with van der Waals surface area (Å²) < 4.78 is 5.74. The maximum absolute atomic E-state index is 13.1. The predicted octanol–water partition coefficient (Wildman–Crippen LogP) is 7.51. The Morgan fingerprint density at radius 1 is 0.867 bits per heavy atom. The van der Waals surface area contributed by atoms with Crippen LogP contribution in [-0.4, -0.2) is 72.0 Å². The van der Waals surface area contributed by atoms with E-state index in [0.717, 1.165) is 36.3 Å². The van der Waals surface area contributed by atoms with Gasteiger partial charge in [-0.15, -0.1) is 0 Å². The molecule has 0 bridgehead atoms. The zero-order valence-corrected chi connectivity index (χ0v) is 27.8. The third-order valence-electron chi connectivity index (χ3n) is 8.08. The third kappa shape index (κ3) is 8.38. The molecule has 236 valence electrons. The number of aryl methyl sites for hydroxylation is 1. The molecule has 45 heavy (non-hydrogen) atoms. The first-order valence-electron chi connectivity index (χ1n) is 15.0. The average Bonchev–Trinajstić information content (AvgIpc) is 3.03. The normalized spacial score (nSPS) is 11.0. The quantitative estimate of drug-likeness (QED) is 0.184. The van der Waals surface area contributed by atoms with Crippen molar-refractivity contribution >= 4 is 40.9 Å². The largest absolute Gasteiger partial charge is 0.420 e. The van der Waals surface area contributed by atoms with Crippen molar-refractivity contribution in [3.8, 4) is 17.1 Å². The predicted molar refractivity (Wildman–Crippen MR) is 182 cm³/mol. The molecule has 9 nitrogen and oxygen atoms in total. The number of likely N-dealkylation sites (N-methyl/N-ethyl adjacent to an activating group) is 2. The van der Waals surface area contributed by atoms with Gasteiger partial charge in [0, 0.05) is 60.8 Å². The minimum absolute atomic E-state index is 0.0461. The number of ether oxygens (including phenoxy) is 1. The van der Waals surface area contributed by atoms with E-state index in [1.54, 1.807) is 66.5 Å². The van der Waals surface area contributed by atoms with Gasteiger partial charge in [-0.2, -0.15) is 4.98 Å². The van der Waals surface area contributed by atoms with E-state index < -0.39 is 6.09 Å². The number of aromatic nitrogens is 2. The van der Waals surface area contributed by atoms with Gasteiger partial charge in [-0.1, -0.05) is 43.6 Å². The molecule has 10 heteroatoms. The van der Waals surface area contributed by atoms with Crippen LogP contribution in [0.1, 0.15) is 40.9 Å². The van der Waals surface area contributed by atoms with Crippen LogP contribution in [0.2, 0.25) is 5.02 Å². The van der Waals surface area contributed by atoms with E-state index in [1.807, 2.05) is 26.1 Å². The molecule has 0 radical (unpaired) electrons. The lowest BCUT2D eigenvalue weighted by atomic mass is 9.97. The van der Waals surface area contributed by atoms with Crippen molar-refractivity contribution in [3.63, 3.8) is 0 Å². The lowest BCUT2D eigenvalue weighted by molar-refractivity contribution is 0.0779. The van der Waals surface area contributed by atoms with Crippen LogP contribution in [0.3, 0.4) is 0 Å². The Morgan fingerprint density at radius 2 is 1.58 bits per heavy atom. The van der Waals surface area contributed by atoms with E-state index in [2.05, 4.69) is 42.9 Å². The number of rotatable bonds is 11. The maximum Gasteiger partial charge on any atom is 0.420 e. The second kappa shape index (κ2) is 15.0. The van der Waals surface area contributed by atoms with Gasteiger partial charge in [-0.25, -0.2) is 9.78 Å². The summed E-state index contributed by atoms with van der Waals surface area (Å²) in [5.74, 6) is 0.282. The third-order valence-corrected chi connectivity index (χ3v) is 8.31. The number of amides is 2. The van der Waals surface area contributed by atoms with Crippen LogP contribution in [0.4, 0.5) is 22.1 Å². The average molecular weight is 629 g/mol. The van der Waals surface area contributed by atoms with Gasteiger partial charge >= 0.3 is 6.09 Å². The first-order chi connectivity index (χ1) is 21.5. The molecule has 0 fully saturated rings. The van der Waals surface area contributed by atoms with Crippen LogP contribution in [-0.2, 0) is 0 Å². The van der Waals surface area contributed by atoms with Crippen LogP contribution in [0.15, 0.2) is 66.7 Å². The molecule has 4 rings (SSSR count). The summed E-state index contributed by atoms with van der Waals surface area (Å²) in [6.45, 7) is 13.8. The second-order valence-electron chi connectivity index (χ2n) is 11.0. The van der Waals surface area contributed by atoms with E-state index in [0.29, 0.717) is 34.2 Å². The first kappa shape index (κ1) is 33.4. The fourth-order valence-corrected chi connectivity index (χ4v) is 5.02. The van der Waals surface area contributed by atoms with Crippen molar-refractivity contribution in [2.24, 2.45) is 0 Å². The highest BCUT2D eigenvalue weighted by Crippen LogP contribution is 2.30.